The van der Waals surface area contributed by atoms with Crippen LogP contribution in [-0.4, -0.2) is 48.4 Å². The van der Waals surface area contributed by atoms with Gasteiger partial charge in [-0.25, -0.2) is 0 Å². The Morgan fingerprint density at radius 2 is 1.75 bits per heavy atom. The lowest BCUT2D eigenvalue weighted by Crippen LogP contribution is -2.34. The van der Waals surface area contributed by atoms with Gasteiger partial charge in [-0.15, -0.1) is 0 Å². The molecule has 3 rings (SSSR count). The normalized spacial score (nSPS) is 10.9. The van der Waals surface area contributed by atoms with Gasteiger partial charge < -0.3 is 14.8 Å². The number of hydrogen-bond donors (Lipinski definition) is 1. The third-order valence-electron chi connectivity index (χ3n) is 5.48. The summed E-state index contributed by atoms with van der Waals surface area (Å²) in [6.07, 6.45) is 0. The van der Waals surface area contributed by atoms with Crippen molar-refractivity contribution >= 4 is 5.91 Å². The molecule has 0 aliphatic rings. The summed E-state index contributed by atoms with van der Waals surface area (Å²) in [6.45, 7) is 6.14. The Labute approximate surface area is 190 Å². The molecular formula is C25H32N4O3. The molecule has 0 spiro atoms. The molecule has 0 aliphatic heterocycles. The van der Waals surface area contributed by atoms with Gasteiger partial charge in [0.2, 0.25) is 5.91 Å². The fourth-order valence-corrected chi connectivity index (χ4v) is 3.73. The van der Waals surface area contributed by atoms with Gasteiger partial charge in [0, 0.05) is 24.3 Å². The molecule has 0 saturated heterocycles. The van der Waals surface area contributed by atoms with Gasteiger partial charge in [0.1, 0.15) is 0 Å². The Kier molecular flexibility index (Phi) is 7.89. The van der Waals surface area contributed by atoms with E-state index in [1.165, 1.54) is 5.56 Å². The first-order valence-electron chi connectivity index (χ1n) is 10.6. The monoisotopic (exact) mass is 436 g/mol. The quantitative estimate of drug-likeness (QED) is 0.528. The molecule has 3 aromatic rings. The van der Waals surface area contributed by atoms with Crippen molar-refractivity contribution in [3.05, 3.63) is 76.6 Å². The van der Waals surface area contributed by atoms with E-state index in [0.717, 1.165) is 29.1 Å². The molecule has 0 atom stereocenters. The number of nitrogens with one attached hydrogen (secondary N) is 1. The second-order valence-electron chi connectivity index (χ2n) is 7.93. The van der Waals surface area contributed by atoms with Crippen molar-refractivity contribution in [2.75, 3.05) is 27.8 Å². The smallest absolute Gasteiger partial charge is 0.234 e. The molecule has 0 radical (unpaired) electrons. The number of methoxy groups -OCH3 is 2. The first-order chi connectivity index (χ1) is 15.4. The van der Waals surface area contributed by atoms with E-state index in [0.29, 0.717) is 31.1 Å². The van der Waals surface area contributed by atoms with Crippen LogP contribution in [0.2, 0.25) is 0 Å². The minimum absolute atomic E-state index is 0.0254. The molecule has 170 valence electrons. The molecule has 7 nitrogen and oxygen atoms in total. The minimum atomic E-state index is -0.0254. The zero-order valence-electron chi connectivity index (χ0n) is 19.5. The topological polar surface area (TPSA) is 68.6 Å². The average Bonchev–Trinajstić information content (AvgIpc) is 3.05. The molecule has 0 fully saturated rings. The Morgan fingerprint density at radius 1 is 1.03 bits per heavy atom. The second-order valence-corrected chi connectivity index (χ2v) is 7.93. The molecule has 0 bridgehead atoms. The number of aromatic nitrogens is 2. The highest BCUT2D eigenvalue weighted by Gasteiger charge is 2.14. The van der Waals surface area contributed by atoms with Crippen LogP contribution in [0, 0.1) is 13.8 Å². The number of nitrogens with zero attached hydrogens (tertiary/aromatic N) is 3. The zero-order valence-corrected chi connectivity index (χ0v) is 19.5. The van der Waals surface area contributed by atoms with E-state index in [2.05, 4.69) is 22.5 Å². The van der Waals surface area contributed by atoms with Gasteiger partial charge in [-0.3, -0.25) is 14.4 Å². The fourth-order valence-electron chi connectivity index (χ4n) is 3.73. The van der Waals surface area contributed by atoms with Crippen molar-refractivity contribution < 1.29 is 14.3 Å². The average molecular weight is 437 g/mol. The number of rotatable bonds is 10. The summed E-state index contributed by atoms with van der Waals surface area (Å²) in [7, 11) is 5.15. The third-order valence-corrected chi connectivity index (χ3v) is 5.48. The molecule has 1 N–H and O–H groups in total. The number of hydrogen-bond acceptors (Lipinski definition) is 5. The van der Waals surface area contributed by atoms with Crippen LogP contribution in [0.5, 0.6) is 11.5 Å². The molecule has 2 aromatic carbocycles. The largest absolute Gasteiger partial charge is 0.493 e. The zero-order chi connectivity index (χ0) is 23.1. The first kappa shape index (κ1) is 23.3. The van der Waals surface area contributed by atoms with Crippen molar-refractivity contribution in [1.29, 1.82) is 0 Å². The number of carbonyl (C=O) groups excluding carboxylic acids is 1. The van der Waals surface area contributed by atoms with Crippen molar-refractivity contribution in [2.45, 2.75) is 33.5 Å². The van der Waals surface area contributed by atoms with Crippen LogP contribution >= 0.6 is 0 Å². The SMILES string of the molecule is COc1ccc(CN(C)CC(=O)NCc2c(C)nn(Cc3ccccc3)c2C)cc1OC. The maximum Gasteiger partial charge on any atom is 0.234 e. The van der Waals surface area contributed by atoms with Crippen LogP contribution in [-0.2, 0) is 24.4 Å². The summed E-state index contributed by atoms with van der Waals surface area (Å²) in [5.74, 6) is 1.35. The third kappa shape index (κ3) is 5.88. The summed E-state index contributed by atoms with van der Waals surface area (Å²) in [5.41, 5.74) is 5.33. The molecule has 0 aliphatic carbocycles. The molecule has 1 aromatic heterocycles. The van der Waals surface area contributed by atoms with E-state index >= 15 is 0 Å². The number of aryl methyl sites for hydroxylation is 1. The Hall–Kier alpha value is -3.32. The lowest BCUT2D eigenvalue weighted by Gasteiger charge is -2.17. The van der Waals surface area contributed by atoms with Crippen molar-refractivity contribution in [3.63, 3.8) is 0 Å². The van der Waals surface area contributed by atoms with E-state index in [1.54, 1.807) is 14.2 Å². The van der Waals surface area contributed by atoms with Gasteiger partial charge >= 0.3 is 0 Å². The summed E-state index contributed by atoms with van der Waals surface area (Å²) in [4.78, 5) is 14.5. The summed E-state index contributed by atoms with van der Waals surface area (Å²) < 4.78 is 12.6. The van der Waals surface area contributed by atoms with Crippen molar-refractivity contribution in [3.8, 4) is 11.5 Å². The maximum atomic E-state index is 12.5. The van der Waals surface area contributed by atoms with E-state index in [1.807, 2.05) is 66.9 Å². The Balaban J connectivity index is 1.54. The van der Waals surface area contributed by atoms with E-state index in [-0.39, 0.29) is 5.91 Å². The first-order valence-corrected chi connectivity index (χ1v) is 10.6. The van der Waals surface area contributed by atoms with E-state index in [4.69, 9.17) is 9.47 Å². The van der Waals surface area contributed by atoms with Gasteiger partial charge in [-0.2, -0.15) is 5.10 Å². The van der Waals surface area contributed by atoms with Crippen molar-refractivity contribution in [2.24, 2.45) is 0 Å². The van der Waals surface area contributed by atoms with Gasteiger partial charge in [0.25, 0.3) is 0 Å². The number of ether oxygens (including phenoxy) is 2. The lowest BCUT2D eigenvalue weighted by molar-refractivity contribution is -0.122. The molecule has 1 heterocycles. The fraction of sp³-hybridized carbons (Fsp3) is 0.360. The van der Waals surface area contributed by atoms with Crippen LogP contribution in [0.25, 0.3) is 0 Å². The predicted molar refractivity (Wildman–Crippen MR) is 125 cm³/mol. The molecule has 0 saturated carbocycles. The van der Waals surface area contributed by atoms with Crippen LogP contribution < -0.4 is 14.8 Å². The Bertz CT molecular complexity index is 1050. The molecule has 1 amide bonds. The highest BCUT2D eigenvalue weighted by Crippen LogP contribution is 2.27. The van der Waals surface area contributed by atoms with Crippen LogP contribution in [0.4, 0.5) is 0 Å². The second kappa shape index (κ2) is 10.8. The number of carbonyl (C=O) groups is 1. The number of amides is 1. The van der Waals surface area contributed by atoms with Gasteiger partial charge in [0.15, 0.2) is 11.5 Å². The number of likely N-dealkylation sites (N-methyl/N-ethyl adjacent to an activating group) is 1. The van der Waals surface area contributed by atoms with E-state index in [9.17, 15) is 4.79 Å². The van der Waals surface area contributed by atoms with Crippen LogP contribution in [0.3, 0.4) is 0 Å². The maximum absolute atomic E-state index is 12.5. The van der Waals surface area contributed by atoms with Gasteiger partial charge in [-0.1, -0.05) is 36.4 Å². The summed E-state index contributed by atoms with van der Waals surface area (Å²) in [5, 5.41) is 7.70. The highest BCUT2D eigenvalue weighted by atomic mass is 16.5. The van der Waals surface area contributed by atoms with Crippen molar-refractivity contribution in [1.82, 2.24) is 20.0 Å². The molecule has 0 unspecified atom stereocenters. The highest BCUT2D eigenvalue weighted by molar-refractivity contribution is 5.78. The van der Waals surface area contributed by atoms with Crippen LogP contribution in [0.1, 0.15) is 28.1 Å². The van der Waals surface area contributed by atoms with E-state index < -0.39 is 0 Å². The van der Waals surface area contributed by atoms with Gasteiger partial charge in [-0.05, 0) is 44.2 Å². The molecular weight excluding hydrogens is 404 g/mol. The molecule has 32 heavy (non-hydrogen) atoms. The summed E-state index contributed by atoms with van der Waals surface area (Å²) >= 11 is 0. The predicted octanol–water partition coefficient (Wildman–Crippen LogP) is 3.31. The van der Waals surface area contributed by atoms with Gasteiger partial charge in [0.05, 0.1) is 33.0 Å². The van der Waals surface area contributed by atoms with Crippen LogP contribution in [0.15, 0.2) is 48.5 Å². The molecule has 7 heteroatoms. The number of benzene rings is 2. The minimum Gasteiger partial charge on any atom is -0.493 e. The lowest BCUT2D eigenvalue weighted by atomic mass is 10.2. The summed E-state index contributed by atoms with van der Waals surface area (Å²) in [6, 6.07) is 16.0. The standard InChI is InChI=1S/C25H32N4O3/c1-18-22(19(2)29(27-18)16-20-9-7-6-8-10-20)14-26-25(30)17-28(3)15-21-11-12-23(31-4)24(13-21)32-5/h6-13H,14-17H2,1-5H3,(H,26,30). The Morgan fingerprint density at radius 3 is 2.44 bits per heavy atom.